The van der Waals surface area contributed by atoms with Crippen LogP contribution in [0.3, 0.4) is 0 Å². The predicted molar refractivity (Wildman–Crippen MR) is 161 cm³/mol. The van der Waals surface area contributed by atoms with Crippen LogP contribution in [0.4, 0.5) is 0 Å². The Morgan fingerprint density at radius 1 is 0.975 bits per heavy atom. The fourth-order valence-electron chi connectivity index (χ4n) is 10.4. The van der Waals surface area contributed by atoms with Crippen molar-refractivity contribution in [2.45, 2.75) is 123 Å². The molecule has 0 aromatic rings. The molecule has 0 radical (unpaired) electrons. The van der Waals surface area contributed by atoms with Crippen LogP contribution < -0.4 is 5.32 Å². The molecule has 0 bridgehead atoms. The first-order valence-corrected chi connectivity index (χ1v) is 17.7. The van der Waals surface area contributed by atoms with Gasteiger partial charge >= 0.3 is 10.4 Å². The van der Waals surface area contributed by atoms with Gasteiger partial charge in [-0.3, -0.25) is 4.55 Å². The maximum atomic E-state index is 11.7. The molecule has 40 heavy (non-hydrogen) atoms. The van der Waals surface area contributed by atoms with E-state index in [1.165, 1.54) is 51.4 Å². The van der Waals surface area contributed by atoms with Gasteiger partial charge in [0.05, 0.1) is 12.2 Å². The molecule has 4 fully saturated rings. The number of aliphatic hydroxyl groups is 1. The Labute approximate surface area is 245 Å². The fourth-order valence-corrected chi connectivity index (χ4v) is 11.0. The Morgan fingerprint density at radius 3 is 2.30 bits per heavy atom. The van der Waals surface area contributed by atoms with Crippen molar-refractivity contribution in [2.75, 3.05) is 27.2 Å². The summed E-state index contributed by atoms with van der Waals surface area (Å²) < 4.78 is 37.0. The molecule has 8 heteroatoms. The Hall–Kier alpha value is -0.250. The monoisotopic (exact) mass is 584 g/mol. The number of rotatable bonds is 12. The molecule has 0 amide bonds. The third-order valence-corrected chi connectivity index (χ3v) is 13.0. The lowest BCUT2D eigenvalue weighted by Gasteiger charge is -2.62. The van der Waals surface area contributed by atoms with Crippen LogP contribution in [0.15, 0.2) is 0 Å². The van der Waals surface area contributed by atoms with E-state index in [0.717, 1.165) is 25.9 Å². The summed E-state index contributed by atoms with van der Waals surface area (Å²) in [5, 5.41) is 15.6. The van der Waals surface area contributed by atoms with Gasteiger partial charge in [-0.05, 0) is 150 Å². The molecule has 0 saturated heterocycles. The SMILES string of the molecule is CC(C)[C@@H](CC[C@@H](C)[C@H]1CCC2C3C(O)C[C@H]4C[C@@H](NCCCN(C)C)CC[C@]4(C)C3CC[C@@]21C)OS(=O)(=O)O. The highest BCUT2D eigenvalue weighted by atomic mass is 32.3. The van der Waals surface area contributed by atoms with E-state index in [9.17, 15) is 18.1 Å². The lowest BCUT2D eigenvalue weighted by atomic mass is 9.43. The molecule has 4 rings (SSSR count). The standard InChI is InChI=1S/C32H60N2O5S/c1-21(2)29(39-40(36,37)38)12-9-22(3)25-10-11-26-30-27(14-16-32(25,26)5)31(4)15-13-24(19-23(31)20-28(30)35)33-17-8-18-34(6)7/h21-30,33,35H,8-20H2,1-7H3,(H,36,37,38)/t22-,23-,24+,25-,26?,27?,28?,29-,30?,31+,32-/m1/s1. The number of aliphatic hydroxyl groups excluding tert-OH is 1. The van der Waals surface area contributed by atoms with E-state index in [1.54, 1.807) is 0 Å². The van der Waals surface area contributed by atoms with E-state index in [-0.39, 0.29) is 17.4 Å². The minimum atomic E-state index is -4.45. The smallest absolute Gasteiger partial charge is 0.393 e. The Kier molecular flexibility index (Phi) is 10.4. The largest absolute Gasteiger partial charge is 0.397 e. The van der Waals surface area contributed by atoms with Crippen LogP contribution in [-0.4, -0.2) is 68.4 Å². The first-order chi connectivity index (χ1) is 18.7. The Morgan fingerprint density at radius 2 is 1.65 bits per heavy atom. The topological polar surface area (TPSA) is 99.1 Å². The first kappa shape index (κ1) is 32.7. The molecule has 234 valence electrons. The van der Waals surface area contributed by atoms with E-state index < -0.39 is 16.5 Å². The van der Waals surface area contributed by atoms with Crippen LogP contribution in [0.1, 0.15) is 105 Å². The van der Waals surface area contributed by atoms with Crippen molar-refractivity contribution in [1.82, 2.24) is 10.2 Å². The molecular weight excluding hydrogens is 524 g/mol. The van der Waals surface area contributed by atoms with E-state index in [0.29, 0.717) is 53.4 Å². The molecule has 4 saturated carbocycles. The molecule has 0 aliphatic heterocycles. The third-order valence-electron chi connectivity index (χ3n) is 12.6. The molecule has 4 aliphatic carbocycles. The maximum absolute atomic E-state index is 11.7. The van der Waals surface area contributed by atoms with Gasteiger partial charge in [-0.1, -0.05) is 34.6 Å². The number of hydrogen-bond acceptors (Lipinski definition) is 6. The number of nitrogens with zero attached hydrogens (tertiary/aromatic N) is 1. The van der Waals surface area contributed by atoms with Crippen molar-refractivity contribution in [3.05, 3.63) is 0 Å². The maximum Gasteiger partial charge on any atom is 0.397 e. The molecular formula is C32H60N2O5S. The molecule has 3 N–H and O–H groups in total. The summed E-state index contributed by atoms with van der Waals surface area (Å²) in [6.07, 6.45) is 11.6. The second kappa shape index (κ2) is 12.8. The number of nitrogens with one attached hydrogen (secondary N) is 1. The average Bonchev–Trinajstić information content (AvgIpc) is 3.21. The van der Waals surface area contributed by atoms with Gasteiger partial charge in [0.15, 0.2) is 0 Å². The Balaban J connectivity index is 1.39. The quantitative estimate of drug-likeness (QED) is 0.197. The molecule has 0 aromatic heterocycles. The van der Waals surface area contributed by atoms with Crippen molar-refractivity contribution in [3.8, 4) is 0 Å². The summed E-state index contributed by atoms with van der Waals surface area (Å²) in [5.74, 6) is 3.27. The third kappa shape index (κ3) is 6.93. The average molecular weight is 585 g/mol. The van der Waals surface area contributed by atoms with Gasteiger partial charge in [0.25, 0.3) is 0 Å². The van der Waals surface area contributed by atoms with E-state index in [1.807, 2.05) is 13.8 Å². The van der Waals surface area contributed by atoms with Gasteiger partial charge in [-0.2, -0.15) is 8.42 Å². The van der Waals surface area contributed by atoms with Crippen molar-refractivity contribution in [2.24, 2.45) is 52.3 Å². The summed E-state index contributed by atoms with van der Waals surface area (Å²) in [7, 11) is -0.172. The van der Waals surface area contributed by atoms with Gasteiger partial charge in [-0.15, -0.1) is 0 Å². The van der Waals surface area contributed by atoms with Gasteiger partial charge in [0.2, 0.25) is 0 Å². The van der Waals surface area contributed by atoms with Crippen molar-refractivity contribution >= 4 is 10.4 Å². The van der Waals surface area contributed by atoms with Crippen molar-refractivity contribution < 1.29 is 22.3 Å². The van der Waals surface area contributed by atoms with E-state index in [2.05, 4.69) is 45.1 Å². The highest BCUT2D eigenvalue weighted by Crippen LogP contribution is 2.68. The Bertz CT molecular complexity index is 944. The van der Waals surface area contributed by atoms with Crippen LogP contribution in [0.2, 0.25) is 0 Å². The van der Waals surface area contributed by atoms with Gasteiger partial charge < -0.3 is 15.3 Å². The summed E-state index contributed by atoms with van der Waals surface area (Å²) in [6.45, 7) is 13.5. The van der Waals surface area contributed by atoms with Crippen molar-refractivity contribution in [1.29, 1.82) is 0 Å². The second-order valence-corrected chi connectivity index (χ2v) is 16.5. The zero-order valence-corrected chi connectivity index (χ0v) is 27.3. The number of hydrogen-bond donors (Lipinski definition) is 3. The summed E-state index contributed by atoms with van der Waals surface area (Å²) in [4.78, 5) is 2.25. The molecule has 7 nitrogen and oxygen atoms in total. The molecule has 0 heterocycles. The molecule has 0 aromatic carbocycles. The summed E-state index contributed by atoms with van der Waals surface area (Å²) >= 11 is 0. The van der Waals surface area contributed by atoms with Crippen LogP contribution in [-0.2, 0) is 14.6 Å². The predicted octanol–water partition coefficient (Wildman–Crippen LogP) is 5.79. The summed E-state index contributed by atoms with van der Waals surface area (Å²) in [5.41, 5.74) is 0.571. The normalized spacial score (nSPS) is 41.4. The van der Waals surface area contributed by atoms with Gasteiger partial charge in [0, 0.05) is 6.04 Å². The molecule has 0 spiro atoms. The highest BCUT2D eigenvalue weighted by molar-refractivity contribution is 7.80. The lowest BCUT2D eigenvalue weighted by Crippen LogP contribution is -2.59. The molecule has 11 atom stereocenters. The number of fused-ring (bicyclic) bond motifs is 5. The fraction of sp³-hybridized carbons (Fsp3) is 1.00. The van der Waals surface area contributed by atoms with E-state index >= 15 is 0 Å². The second-order valence-electron chi connectivity index (χ2n) is 15.5. The van der Waals surface area contributed by atoms with Crippen LogP contribution in [0.25, 0.3) is 0 Å². The zero-order valence-electron chi connectivity index (χ0n) is 26.4. The zero-order chi connectivity index (χ0) is 29.5. The lowest BCUT2D eigenvalue weighted by molar-refractivity contribution is -0.167. The van der Waals surface area contributed by atoms with Crippen LogP contribution in [0, 0.1) is 52.3 Å². The first-order valence-electron chi connectivity index (χ1n) is 16.4. The molecule has 4 unspecified atom stereocenters. The summed E-state index contributed by atoms with van der Waals surface area (Å²) in [6, 6.07) is 0.592. The van der Waals surface area contributed by atoms with E-state index in [4.69, 9.17) is 4.18 Å². The van der Waals surface area contributed by atoms with Gasteiger partial charge in [0.1, 0.15) is 0 Å². The van der Waals surface area contributed by atoms with Crippen LogP contribution in [0.5, 0.6) is 0 Å². The minimum Gasteiger partial charge on any atom is -0.393 e. The van der Waals surface area contributed by atoms with Crippen LogP contribution >= 0.6 is 0 Å². The molecule has 4 aliphatic rings. The van der Waals surface area contributed by atoms with Gasteiger partial charge in [-0.25, -0.2) is 4.18 Å². The highest BCUT2D eigenvalue weighted by Gasteiger charge is 2.62. The van der Waals surface area contributed by atoms with Crippen molar-refractivity contribution in [3.63, 3.8) is 0 Å². The minimum absolute atomic E-state index is 0.0193.